The SMILES string of the molecule is Cc1ccc(-c2nnn(Cc3cc(=O)n4ccsc4n3)n2)cc1. The molecule has 0 aliphatic carbocycles. The largest absolute Gasteiger partial charge is 0.269 e. The summed E-state index contributed by atoms with van der Waals surface area (Å²) in [7, 11) is 0. The van der Waals surface area contributed by atoms with E-state index in [0.29, 0.717) is 23.0 Å². The Morgan fingerprint density at radius 3 is 2.87 bits per heavy atom. The van der Waals surface area contributed by atoms with Crippen LogP contribution in [-0.2, 0) is 6.54 Å². The standard InChI is InChI=1S/C15H12N6OS/c1-10-2-4-11(5-3-10)14-17-19-21(18-14)9-12-8-13(22)20-6-7-23-15(20)16-12/h2-8H,9H2,1H3. The molecule has 0 N–H and O–H groups in total. The van der Waals surface area contributed by atoms with Gasteiger partial charge in [0.25, 0.3) is 5.56 Å². The van der Waals surface area contributed by atoms with Gasteiger partial charge in [-0.15, -0.1) is 21.5 Å². The lowest BCUT2D eigenvalue weighted by Crippen LogP contribution is -2.15. The van der Waals surface area contributed by atoms with Gasteiger partial charge < -0.3 is 0 Å². The highest BCUT2D eigenvalue weighted by atomic mass is 32.1. The number of nitrogens with zero attached hydrogens (tertiary/aromatic N) is 6. The zero-order chi connectivity index (χ0) is 15.8. The monoisotopic (exact) mass is 324 g/mol. The molecular weight excluding hydrogens is 312 g/mol. The molecule has 3 aromatic heterocycles. The van der Waals surface area contributed by atoms with Crippen molar-refractivity contribution in [2.75, 3.05) is 0 Å². The van der Waals surface area contributed by atoms with E-state index in [1.54, 1.807) is 6.20 Å². The molecule has 0 radical (unpaired) electrons. The van der Waals surface area contributed by atoms with Crippen molar-refractivity contribution in [3.05, 3.63) is 63.5 Å². The van der Waals surface area contributed by atoms with E-state index < -0.39 is 0 Å². The third kappa shape index (κ3) is 2.64. The van der Waals surface area contributed by atoms with Crippen LogP contribution in [0.2, 0.25) is 0 Å². The molecule has 4 aromatic rings. The van der Waals surface area contributed by atoms with E-state index in [9.17, 15) is 4.79 Å². The number of benzene rings is 1. The van der Waals surface area contributed by atoms with Crippen molar-refractivity contribution in [1.82, 2.24) is 29.6 Å². The fourth-order valence-corrected chi connectivity index (χ4v) is 2.98. The van der Waals surface area contributed by atoms with Gasteiger partial charge in [-0.05, 0) is 12.1 Å². The van der Waals surface area contributed by atoms with E-state index in [-0.39, 0.29) is 5.56 Å². The van der Waals surface area contributed by atoms with Crippen LogP contribution in [0.4, 0.5) is 0 Å². The zero-order valence-electron chi connectivity index (χ0n) is 12.2. The van der Waals surface area contributed by atoms with Gasteiger partial charge in [0.15, 0.2) is 4.96 Å². The first-order valence-corrected chi connectivity index (χ1v) is 7.88. The molecular formula is C15H12N6OS. The van der Waals surface area contributed by atoms with Crippen LogP contribution in [0.25, 0.3) is 16.3 Å². The van der Waals surface area contributed by atoms with Crippen molar-refractivity contribution < 1.29 is 0 Å². The smallest absolute Gasteiger partial charge is 0.258 e. The van der Waals surface area contributed by atoms with Gasteiger partial charge in [0.05, 0.1) is 5.69 Å². The molecule has 1 aromatic carbocycles. The van der Waals surface area contributed by atoms with Crippen LogP contribution in [0.1, 0.15) is 11.3 Å². The predicted molar refractivity (Wildman–Crippen MR) is 86.4 cm³/mol. The highest BCUT2D eigenvalue weighted by Crippen LogP contribution is 2.14. The van der Waals surface area contributed by atoms with Gasteiger partial charge in [-0.3, -0.25) is 9.20 Å². The average Bonchev–Trinajstić information content (AvgIpc) is 3.17. The summed E-state index contributed by atoms with van der Waals surface area (Å²) in [5.41, 5.74) is 2.59. The number of hydrogen-bond donors (Lipinski definition) is 0. The van der Waals surface area contributed by atoms with Gasteiger partial charge >= 0.3 is 0 Å². The summed E-state index contributed by atoms with van der Waals surface area (Å²) >= 11 is 1.42. The molecule has 0 saturated carbocycles. The Morgan fingerprint density at radius 1 is 1.22 bits per heavy atom. The van der Waals surface area contributed by atoms with E-state index >= 15 is 0 Å². The van der Waals surface area contributed by atoms with Crippen LogP contribution in [0, 0.1) is 6.92 Å². The van der Waals surface area contributed by atoms with Crippen LogP contribution in [0.15, 0.2) is 46.7 Å². The number of hydrogen-bond acceptors (Lipinski definition) is 6. The molecule has 0 amide bonds. The Bertz CT molecular complexity index is 1030. The molecule has 0 aliphatic heterocycles. The summed E-state index contributed by atoms with van der Waals surface area (Å²) in [6, 6.07) is 9.42. The van der Waals surface area contributed by atoms with Crippen molar-refractivity contribution >= 4 is 16.3 Å². The van der Waals surface area contributed by atoms with Crippen LogP contribution < -0.4 is 5.56 Å². The number of aromatic nitrogens is 6. The Hall–Kier alpha value is -2.87. The van der Waals surface area contributed by atoms with E-state index in [1.165, 1.54) is 32.2 Å². The summed E-state index contributed by atoms with van der Waals surface area (Å²) in [4.78, 5) is 18.5. The first-order chi connectivity index (χ1) is 11.2. The van der Waals surface area contributed by atoms with E-state index in [4.69, 9.17) is 0 Å². The second-order valence-electron chi connectivity index (χ2n) is 5.15. The average molecular weight is 324 g/mol. The Labute approximate surface area is 134 Å². The lowest BCUT2D eigenvalue weighted by molar-refractivity contribution is 0.564. The number of rotatable bonds is 3. The molecule has 0 fully saturated rings. The molecule has 3 heterocycles. The Kier molecular flexibility index (Phi) is 3.23. The van der Waals surface area contributed by atoms with Crippen molar-refractivity contribution in [2.45, 2.75) is 13.5 Å². The lowest BCUT2D eigenvalue weighted by atomic mass is 10.1. The van der Waals surface area contributed by atoms with Gasteiger partial charge in [-0.2, -0.15) is 4.80 Å². The quantitative estimate of drug-likeness (QED) is 0.574. The highest BCUT2D eigenvalue weighted by Gasteiger charge is 2.08. The summed E-state index contributed by atoms with van der Waals surface area (Å²) in [5.74, 6) is 0.555. The molecule has 0 unspecified atom stereocenters. The van der Waals surface area contributed by atoms with Gasteiger partial charge in [0, 0.05) is 23.2 Å². The van der Waals surface area contributed by atoms with E-state index in [2.05, 4.69) is 20.4 Å². The van der Waals surface area contributed by atoms with Crippen molar-refractivity contribution in [1.29, 1.82) is 0 Å². The number of thiazole rings is 1. The van der Waals surface area contributed by atoms with Gasteiger partial charge in [-0.1, -0.05) is 29.8 Å². The summed E-state index contributed by atoms with van der Waals surface area (Å²) < 4.78 is 1.51. The zero-order valence-corrected chi connectivity index (χ0v) is 13.1. The van der Waals surface area contributed by atoms with Crippen LogP contribution in [0.5, 0.6) is 0 Å². The fraction of sp³-hybridized carbons (Fsp3) is 0.133. The van der Waals surface area contributed by atoms with Crippen molar-refractivity contribution in [3.63, 3.8) is 0 Å². The predicted octanol–water partition coefficient (Wildman–Crippen LogP) is 1.77. The molecule has 4 rings (SSSR count). The molecule has 114 valence electrons. The third-order valence-corrected chi connectivity index (χ3v) is 4.18. The van der Waals surface area contributed by atoms with Crippen LogP contribution >= 0.6 is 11.3 Å². The Balaban J connectivity index is 1.63. The fourth-order valence-electron chi connectivity index (χ4n) is 2.24. The molecule has 0 bridgehead atoms. The van der Waals surface area contributed by atoms with Gasteiger partial charge in [0.2, 0.25) is 5.82 Å². The van der Waals surface area contributed by atoms with Crippen molar-refractivity contribution in [3.8, 4) is 11.4 Å². The Morgan fingerprint density at radius 2 is 2.04 bits per heavy atom. The van der Waals surface area contributed by atoms with Gasteiger partial charge in [0.1, 0.15) is 6.54 Å². The highest BCUT2D eigenvalue weighted by molar-refractivity contribution is 7.15. The number of fused-ring (bicyclic) bond motifs is 1. The second-order valence-corrected chi connectivity index (χ2v) is 6.02. The molecule has 0 spiro atoms. The topological polar surface area (TPSA) is 78.0 Å². The van der Waals surface area contributed by atoms with Crippen LogP contribution in [-0.4, -0.2) is 29.6 Å². The summed E-state index contributed by atoms with van der Waals surface area (Å²) in [6.07, 6.45) is 1.71. The molecule has 0 atom stereocenters. The van der Waals surface area contributed by atoms with E-state index in [0.717, 1.165) is 5.56 Å². The molecule has 0 saturated heterocycles. The van der Waals surface area contributed by atoms with E-state index in [1.807, 2.05) is 36.6 Å². The number of aryl methyl sites for hydroxylation is 1. The third-order valence-electron chi connectivity index (χ3n) is 3.42. The minimum Gasteiger partial charge on any atom is -0.269 e. The lowest BCUT2D eigenvalue weighted by Gasteiger charge is -1.99. The number of tetrazole rings is 1. The maximum absolute atomic E-state index is 12.0. The molecule has 23 heavy (non-hydrogen) atoms. The van der Waals surface area contributed by atoms with Crippen LogP contribution in [0.3, 0.4) is 0 Å². The minimum atomic E-state index is -0.106. The first-order valence-electron chi connectivity index (χ1n) is 7.00. The molecule has 7 nitrogen and oxygen atoms in total. The molecule has 0 aliphatic rings. The molecule has 8 heteroatoms. The maximum atomic E-state index is 12.0. The minimum absolute atomic E-state index is 0.106. The van der Waals surface area contributed by atoms with Gasteiger partial charge in [-0.25, -0.2) is 4.98 Å². The summed E-state index contributed by atoms with van der Waals surface area (Å²) in [5, 5.41) is 14.3. The normalized spacial score (nSPS) is 11.2. The second kappa shape index (κ2) is 5.40. The first kappa shape index (κ1) is 13.8. The van der Waals surface area contributed by atoms with Crippen molar-refractivity contribution in [2.24, 2.45) is 0 Å². The summed E-state index contributed by atoms with van der Waals surface area (Å²) in [6.45, 7) is 2.33. The maximum Gasteiger partial charge on any atom is 0.258 e.